The first-order chi connectivity index (χ1) is 23.7. The van der Waals surface area contributed by atoms with Crippen molar-refractivity contribution in [3.05, 3.63) is 91.7 Å². The highest BCUT2D eigenvalue weighted by molar-refractivity contribution is 6.34. The van der Waals surface area contributed by atoms with Gasteiger partial charge < -0.3 is 29.5 Å². The predicted molar refractivity (Wildman–Crippen MR) is 184 cm³/mol. The lowest BCUT2D eigenvalue weighted by molar-refractivity contribution is -0.153. The lowest BCUT2D eigenvalue weighted by atomic mass is 9.95. The summed E-state index contributed by atoms with van der Waals surface area (Å²) >= 11 is 13.5. The third-order valence-electron chi connectivity index (χ3n) is 9.53. The number of fused-ring (bicyclic) bond motifs is 2. The van der Waals surface area contributed by atoms with Crippen LogP contribution in [0.2, 0.25) is 10.0 Å². The van der Waals surface area contributed by atoms with Gasteiger partial charge in [-0.2, -0.15) is 0 Å². The zero-order valence-corrected chi connectivity index (χ0v) is 28.9. The van der Waals surface area contributed by atoms with Gasteiger partial charge in [0.15, 0.2) is 11.6 Å². The van der Waals surface area contributed by atoms with Gasteiger partial charge in [-0.3, -0.25) is 9.59 Å². The Labute approximate surface area is 293 Å². The molecule has 1 aliphatic heterocycles. The van der Waals surface area contributed by atoms with E-state index in [-0.39, 0.29) is 46.4 Å². The van der Waals surface area contributed by atoms with Crippen LogP contribution in [0.15, 0.2) is 36.4 Å². The van der Waals surface area contributed by atoms with Crippen LogP contribution in [0.1, 0.15) is 69.6 Å². The second kappa shape index (κ2) is 13.6. The Kier molecular flexibility index (Phi) is 9.27. The van der Waals surface area contributed by atoms with Crippen LogP contribution in [-0.4, -0.2) is 35.1 Å². The summed E-state index contributed by atoms with van der Waals surface area (Å²) in [5.41, 5.74) is 9.77. The summed E-state index contributed by atoms with van der Waals surface area (Å²) in [5.74, 6) is -0.741. The van der Waals surface area contributed by atoms with E-state index >= 15 is 4.39 Å². The van der Waals surface area contributed by atoms with Gasteiger partial charge in [0, 0.05) is 55.1 Å². The van der Waals surface area contributed by atoms with Crippen molar-refractivity contribution in [1.29, 1.82) is 0 Å². The molecule has 1 aromatic heterocycles. The van der Waals surface area contributed by atoms with Crippen LogP contribution >= 0.6 is 23.2 Å². The number of benzene rings is 3. The van der Waals surface area contributed by atoms with E-state index in [4.69, 9.17) is 37.5 Å². The molecule has 3 aliphatic rings. The number of rotatable bonds is 10. The summed E-state index contributed by atoms with van der Waals surface area (Å²) in [6.07, 6.45) is 3.37. The predicted octanol–water partition coefficient (Wildman–Crippen LogP) is 6.77. The molecule has 13 heteroatoms. The Hall–Kier alpha value is -4.16. The van der Waals surface area contributed by atoms with Crippen LogP contribution in [0.25, 0.3) is 11.1 Å². The van der Waals surface area contributed by atoms with Gasteiger partial charge in [0.1, 0.15) is 22.6 Å². The number of imidazole rings is 1. The molecule has 0 radical (unpaired) electrons. The SMILES string of the molecule is COc1cc(OC2CCc3c(-c4ccc(NC(=O)c5nc6c(n5C)CCNC6)c(C)c4Cl)cccc32)c(Cl)c(F)c1CNOC(=O)C1CC1. The number of carbonyl (C=O) groups excluding carboxylic acids is 2. The fourth-order valence-electron chi connectivity index (χ4n) is 6.64. The third kappa shape index (κ3) is 6.36. The van der Waals surface area contributed by atoms with E-state index in [9.17, 15) is 9.59 Å². The second-order valence-electron chi connectivity index (χ2n) is 12.6. The molecule has 7 rings (SSSR count). The zero-order chi connectivity index (χ0) is 34.4. The number of hydrogen-bond acceptors (Lipinski definition) is 8. The van der Waals surface area contributed by atoms with Gasteiger partial charge in [0.25, 0.3) is 5.91 Å². The van der Waals surface area contributed by atoms with E-state index in [1.54, 1.807) is 6.07 Å². The van der Waals surface area contributed by atoms with Gasteiger partial charge in [-0.25, -0.2) is 9.37 Å². The van der Waals surface area contributed by atoms with Crippen molar-refractivity contribution in [2.24, 2.45) is 13.0 Å². The fourth-order valence-corrected chi connectivity index (χ4v) is 7.12. The number of carbonyl (C=O) groups is 2. The van der Waals surface area contributed by atoms with Gasteiger partial charge in [-0.15, -0.1) is 5.48 Å². The summed E-state index contributed by atoms with van der Waals surface area (Å²) in [5, 5.41) is 6.64. The molecule has 3 aromatic carbocycles. The van der Waals surface area contributed by atoms with Crippen molar-refractivity contribution in [2.45, 2.75) is 58.2 Å². The number of hydroxylamine groups is 1. The van der Waals surface area contributed by atoms with Crippen molar-refractivity contribution < 1.29 is 28.3 Å². The number of anilines is 1. The van der Waals surface area contributed by atoms with Gasteiger partial charge in [-0.1, -0.05) is 47.5 Å². The van der Waals surface area contributed by atoms with Crippen molar-refractivity contribution in [1.82, 2.24) is 20.3 Å². The fraction of sp³-hybridized carbons (Fsp3) is 0.361. The van der Waals surface area contributed by atoms with Gasteiger partial charge in [0.2, 0.25) is 0 Å². The van der Waals surface area contributed by atoms with Crippen LogP contribution in [0.4, 0.5) is 10.1 Å². The van der Waals surface area contributed by atoms with Crippen LogP contribution < -0.4 is 25.6 Å². The average Bonchev–Trinajstić information content (AvgIpc) is 3.80. The average molecular weight is 709 g/mol. The Morgan fingerprint density at radius 1 is 1.08 bits per heavy atom. The van der Waals surface area contributed by atoms with E-state index in [1.165, 1.54) is 7.11 Å². The minimum Gasteiger partial charge on any atom is -0.496 e. The number of methoxy groups -OCH3 is 1. The molecule has 256 valence electrons. The van der Waals surface area contributed by atoms with E-state index < -0.39 is 11.9 Å². The highest BCUT2D eigenvalue weighted by Gasteiger charge is 2.32. The monoisotopic (exact) mass is 707 g/mol. The maximum atomic E-state index is 15.5. The summed E-state index contributed by atoms with van der Waals surface area (Å²) in [4.78, 5) is 34.8. The number of amides is 1. The summed E-state index contributed by atoms with van der Waals surface area (Å²) in [6, 6.07) is 11.3. The standard InChI is InChI=1S/C36H36Cl2FN5O5/c1-18-25(43-35(45)34-42-26-17-40-14-13-27(26)44(34)2)11-9-23(31(18)37)20-5-4-6-22-21(20)10-12-28(22)48-30-15-29(47-3)24(33(39)32(30)38)16-41-49-36(46)19-7-8-19/h4-6,9,11,15,19,28,40-41H,7-8,10,12-14,16-17H2,1-3H3,(H,43,45). The first-order valence-electron chi connectivity index (χ1n) is 16.3. The number of aromatic nitrogens is 2. The molecule has 10 nitrogen and oxygen atoms in total. The third-order valence-corrected chi connectivity index (χ3v) is 10.4. The molecule has 3 N–H and O–H groups in total. The number of hydrogen-bond donors (Lipinski definition) is 3. The quantitative estimate of drug-likeness (QED) is 0.155. The maximum Gasteiger partial charge on any atom is 0.327 e. The molecule has 1 unspecified atom stereocenters. The smallest absolute Gasteiger partial charge is 0.327 e. The van der Waals surface area contributed by atoms with Crippen LogP contribution in [-0.2, 0) is 42.6 Å². The van der Waals surface area contributed by atoms with Crippen LogP contribution in [0.3, 0.4) is 0 Å². The summed E-state index contributed by atoms with van der Waals surface area (Å²) in [7, 11) is 3.29. The molecule has 1 saturated carbocycles. The Morgan fingerprint density at radius 3 is 2.65 bits per heavy atom. The zero-order valence-electron chi connectivity index (χ0n) is 27.3. The maximum absolute atomic E-state index is 15.5. The molecule has 1 amide bonds. The lowest BCUT2D eigenvalue weighted by Crippen LogP contribution is -2.24. The molecule has 0 spiro atoms. The van der Waals surface area contributed by atoms with E-state index in [2.05, 4.69) is 21.1 Å². The topological polar surface area (TPSA) is 116 Å². The largest absolute Gasteiger partial charge is 0.496 e. The van der Waals surface area contributed by atoms with E-state index in [0.717, 1.165) is 65.0 Å². The number of nitrogens with zero attached hydrogens (tertiary/aromatic N) is 2. The molecule has 2 heterocycles. The number of halogens is 3. The normalized spacial score (nSPS) is 16.6. The molecule has 0 saturated heterocycles. The molecular formula is C36H36Cl2FN5O5. The molecular weight excluding hydrogens is 672 g/mol. The number of ether oxygens (including phenoxy) is 2. The Morgan fingerprint density at radius 2 is 1.90 bits per heavy atom. The lowest BCUT2D eigenvalue weighted by Gasteiger charge is -2.20. The minimum absolute atomic E-state index is 0.0958. The van der Waals surface area contributed by atoms with Crippen molar-refractivity contribution >= 4 is 40.8 Å². The minimum atomic E-state index is -0.716. The van der Waals surface area contributed by atoms with Crippen molar-refractivity contribution in [3.63, 3.8) is 0 Å². The first-order valence-corrected chi connectivity index (χ1v) is 17.0. The van der Waals surface area contributed by atoms with Gasteiger partial charge in [0.05, 0.1) is 30.3 Å². The summed E-state index contributed by atoms with van der Waals surface area (Å²) < 4.78 is 29.1. The Bertz CT molecular complexity index is 1980. The highest BCUT2D eigenvalue weighted by atomic mass is 35.5. The molecule has 1 atom stereocenters. The Balaban J connectivity index is 1.09. The molecule has 1 fully saturated rings. The second-order valence-corrected chi connectivity index (χ2v) is 13.3. The summed E-state index contributed by atoms with van der Waals surface area (Å²) in [6.45, 7) is 3.26. The van der Waals surface area contributed by atoms with E-state index in [1.807, 2.05) is 48.9 Å². The molecule has 0 bridgehead atoms. The highest BCUT2D eigenvalue weighted by Crippen LogP contribution is 2.45. The van der Waals surface area contributed by atoms with Crippen LogP contribution in [0, 0.1) is 18.7 Å². The van der Waals surface area contributed by atoms with Crippen LogP contribution in [0.5, 0.6) is 11.5 Å². The first kappa shape index (κ1) is 33.3. The number of nitrogens with one attached hydrogen (secondary N) is 3. The van der Waals surface area contributed by atoms with Gasteiger partial charge >= 0.3 is 5.97 Å². The molecule has 49 heavy (non-hydrogen) atoms. The van der Waals surface area contributed by atoms with E-state index in [0.29, 0.717) is 35.9 Å². The molecule has 2 aliphatic carbocycles. The molecule has 4 aromatic rings. The van der Waals surface area contributed by atoms with Crippen molar-refractivity contribution in [2.75, 3.05) is 19.0 Å². The van der Waals surface area contributed by atoms with Crippen molar-refractivity contribution in [3.8, 4) is 22.6 Å². The van der Waals surface area contributed by atoms with Gasteiger partial charge in [-0.05, 0) is 60.9 Å².